The molecule has 0 unspecified atom stereocenters. The van der Waals surface area contributed by atoms with Crippen LogP contribution in [0, 0.1) is 0 Å². The number of carbonyl (C=O) groups is 1. The maximum absolute atomic E-state index is 12.0. The molecule has 1 N–H and O–H groups in total. The van der Waals surface area contributed by atoms with Crippen molar-refractivity contribution >= 4 is 11.7 Å². The van der Waals surface area contributed by atoms with E-state index in [4.69, 9.17) is 0 Å². The van der Waals surface area contributed by atoms with Crippen LogP contribution in [-0.2, 0) is 0 Å². The third kappa shape index (κ3) is 3.12. The van der Waals surface area contributed by atoms with Crippen LogP contribution in [0.5, 0.6) is 0 Å². The smallest absolute Gasteiger partial charge is 0.256 e. The summed E-state index contributed by atoms with van der Waals surface area (Å²) in [7, 11) is 0. The third-order valence-corrected chi connectivity index (χ3v) is 3.00. The van der Waals surface area contributed by atoms with Crippen molar-refractivity contribution in [3.8, 4) is 11.3 Å². The molecule has 0 atom stereocenters. The lowest BCUT2D eigenvalue weighted by atomic mass is 10.2. The molecule has 4 nitrogen and oxygen atoms in total. The molecule has 0 saturated heterocycles. The highest BCUT2D eigenvalue weighted by molar-refractivity contribution is 6.03. The Morgan fingerprint density at radius 1 is 0.810 bits per heavy atom. The molecule has 0 spiro atoms. The van der Waals surface area contributed by atoms with Gasteiger partial charge < -0.3 is 5.32 Å². The molecule has 3 rings (SSSR count). The van der Waals surface area contributed by atoms with Gasteiger partial charge in [-0.1, -0.05) is 48.5 Å². The number of hydrogen-bond donors (Lipinski definition) is 1. The van der Waals surface area contributed by atoms with E-state index >= 15 is 0 Å². The zero-order valence-electron chi connectivity index (χ0n) is 11.2. The lowest BCUT2D eigenvalue weighted by Gasteiger charge is -2.05. The van der Waals surface area contributed by atoms with E-state index in [1.807, 2.05) is 48.5 Å². The van der Waals surface area contributed by atoms with Gasteiger partial charge in [-0.3, -0.25) is 9.78 Å². The summed E-state index contributed by atoms with van der Waals surface area (Å²) in [5.74, 6) is 0.237. The van der Waals surface area contributed by atoms with Crippen molar-refractivity contribution in [1.29, 1.82) is 0 Å². The zero-order chi connectivity index (χ0) is 14.5. The van der Waals surface area contributed by atoms with Gasteiger partial charge in [0.2, 0.25) is 0 Å². The van der Waals surface area contributed by atoms with E-state index in [-0.39, 0.29) is 5.91 Å². The molecule has 2 aromatic carbocycles. The second kappa shape index (κ2) is 5.96. The van der Waals surface area contributed by atoms with Crippen molar-refractivity contribution in [3.05, 3.63) is 78.6 Å². The summed E-state index contributed by atoms with van der Waals surface area (Å²) < 4.78 is 0. The SMILES string of the molecule is O=C(Nc1cnc(-c2ccccc2)cn1)c1ccccc1. The highest BCUT2D eigenvalue weighted by Gasteiger charge is 2.06. The molecule has 21 heavy (non-hydrogen) atoms. The summed E-state index contributed by atoms with van der Waals surface area (Å²) in [5, 5.41) is 2.72. The van der Waals surface area contributed by atoms with Gasteiger partial charge in [-0.2, -0.15) is 0 Å². The minimum Gasteiger partial charge on any atom is -0.305 e. The minimum absolute atomic E-state index is 0.197. The van der Waals surface area contributed by atoms with Gasteiger partial charge in [-0.05, 0) is 12.1 Å². The monoisotopic (exact) mass is 275 g/mol. The van der Waals surface area contributed by atoms with Crippen LogP contribution in [0.4, 0.5) is 5.82 Å². The van der Waals surface area contributed by atoms with Gasteiger partial charge in [0.15, 0.2) is 5.82 Å². The number of amides is 1. The fourth-order valence-electron chi connectivity index (χ4n) is 1.93. The van der Waals surface area contributed by atoms with Gasteiger partial charge in [0.05, 0.1) is 18.1 Å². The first-order valence-electron chi connectivity index (χ1n) is 6.57. The van der Waals surface area contributed by atoms with Gasteiger partial charge in [0.1, 0.15) is 0 Å². The Morgan fingerprint density at radius 2 is 1.48 bits per heavy atom. The fourth-order valence-corrected chi connectivity index (χ4v) is 1.93. The molecule has 0 aliphatic carbocycles. The number of carbonyl (C=O) groups excluding carboxylic acids is 1. The van der Waals surface area contributed by atoms with Crippen LogP contribution in [0.15, 0.2) is 73.1 Å². The molecule has 0 radical (unpaired) electrons. The summed E-state index contributed by atoms with van der Waals surface area (Å²) >= 11 is 0. The highest BCUT2D eigenvalue weighted by atomic mass is 16.1. The molecule has 0 aliphatic rings. The van der Waals surface area contributed by atoms with E-state index in [0.717, 1.165) is 11.3 Å². The molecule has 4 heteroatoms. The first-order valence-corrected chi connectivity index (χ1v) is 6.57. The largest absolute Gasteiger partial charge is 0.305 e. The van der Waals surface area contributed by atoms with E-state index in [1.54, 1.807) is 24.5 Å². The third-order valence-electron chi connectivity index (χ3n) is 3.00. The Labute approximate surface area is 122 Å². The average Bonchev–Trinajstić information content (AvgIpc) is 2.57. The molecule has 102 valence electrons. The average molecular weight is 275 g/mol. The van der Waals surface area contributed by atoms with Gasteiger partial charge >= 0.3 is 0 Å². The first-order chi connectivity index (χ1) is 10.3. The van der Waals surface area contributed by atoms with Crippen LogP contribution in [0.25, 0.3) is 11.3 Å². The number of rotatable bonds is 3. The normalized spacial score (nSPS) is 10.1. The van der Waals surface area contributed by atoms with Crippen LogP contribution < -0.4 is 5.32 Å². The van der Waals surface area contributed by atoms with Crippen molar-refractivity contribution in [2.75, 3.05) is 5.32 Å². The first kappa shape index (κ1) is 13.0. The Bertz CT molecular complexity index is 725. The Hall–Kier alpha value is -3.01. The fraction of sp³-hybridized carbons (Fsp3) is 0. The van der Waals surface area contributed by atoms with Crippen LogP contribution in [-0.4, -0.2) is 15.9 Å². The van der Waals surface area contributed by atoms with Crippen LogP contribution >= 0.6 is 0 Å². The van der Waals surface area contributed by atoms with Crippen molar-refractivity contribution in [1.82, 2.24) is 9.97 Å². The molecule has 1 amide bonds. The molecule has 0 saturated carbocycles. The second-order valence-electron chi connectivity index (χ2n) is 4.47. The molecule has 0 bridgehead atoms. The van der Waals surface area contributed by atoms with Crippen molar-refractivity contribution < 1.29 is 4.79 Å². The van der Waals surface area contributed by atoms with Crippen molar-refractivity contribution in [2.24, 2.45) is 0 Å². The quantitative estimate of drug-likeness (QED) is 0.797. The standard InChI is InChI=1S/C17H13N3O/c21-17(14-9-5-2-6-10-14)20-16-12-18-15(11-19-16)13-7-3-1-4-8-13/h1-12H,(H,19,20,21). The van der Waals surface area contributed by atoms with Gasteiger partial charge in [-0.15, -0.1) is 0 Å². The number of anilines is 1. The van der Waals surface area contributed by atoms with Crippen molar-refractivity contribution in [3.63, 3.8) is 0 Å². The summed E-state index contributed by atoms with van der Waals surface area (Å²) in [4.78, 5) is 20.5. The Kier molecular flexibility index (Phi) is 3.69. The Morgan fingerprint density at radius 3 is 2.10 bits per heavy atom. The zero-order valence-corrected chi connectivity index (χ0v) is 11.2. The number of benzene rings is 2. The molecular formula is C17H13N3O. The second-order valence-corrected chi connectivity index (χ2v) is 4.47. The molecule has 1 aromatic heterocycles. The van der Waals surface area contributed by atoms with Crippen LogP contribution in [0.3, 0.4) is 0 Å². The van der Waals surface area contributed by atoms with E-state index in [9.17, 15) is 4.79 Å². The van der Waals surface area contributed by atoms with E-state index in [1.165, 1.54) is 0 Å². The predicted octanol–water partition coefficient (Wildman–Crippen LogP) is 3.40. The highest BCUT2D eigenvalue weighted by Crippen LogP contribution is 2.16. The van der Waals surface area contributed by atoms with Gasteiger partial charge in [0, 0.05) is 11.1 Å². The van der Waals surface area contributed by atoms with E-state index < -0.39 is 0 Å². The molecular weight excluding hydrogens is 262 g/mol. The number of hydrogen-bond acceptors (Lipinski definition) is 3. The Balaban J connectivity index is 1.75. The summed E-state index contributed by atoms with van der Waals surface area (Å²) in [6, 6.07) is 18.8. The van der Waals surface area contributed by atoms with E-state index in [2.05, 4.69) is 15.3 Å². The molecule has 3 aromatic rings. The lowest BCUT2D eigenvalue weighted by molar-refractivity contribution is 0.102. The molecule has 1 heterocycles. The molecule has 0 fully saturated rings. The lowest BCUT2D eigenvalue weighted by Crippen LogP contribution is -2.12. The van der Waals surface area contributed by atoms with Crippen LogP contribution in [0.2, 0.25) is 0 Å². The van der Waals surface area contributed by atoms with Gasteiger partial charge in [0.25, 0.3) is 5.91 Å². The molecule has 0 aliphatic heterocycles. The predicted molar refractivity (Wildman–Crippen MR) is 81.9 cm³/mol. The summed E-state index contributed by atoms with van der Waals surface area (Å²) in [6.45, 7) is 0. The topological polar surface area (TPSA) is 54.9 Å². The summed E-state index contributed by atoms with van der Waals surface area (Å²) in [5.41, 5.74) is 2.35. The maximum atomic E-state index is 12.0. The van der Waals surface area contributed by atoms with Crippen LogP contribution in [0.1, 0.15) is 10.4 Å². The van der Waals surface area contributed by atoms with Crippen molar-refractivity contribution in [2.45, 2.75) is 0 Å². The number of nitrogens with one attached hydrogen (secondary N) is 1. The number of nitrogens with zero attached hydrogens (tertiary/aromatic N) is 2. The summed E-state index contributed by atoms with van der Waals surface area (Å²) in [6.07, 6.45) is 3.21. The minimum atomic E-state index is -0.197. The van der Waals surface area contributed by atoms with Gasteiger partial charge in [-0.25, -0.2) is 4.98 Å². The maximum Gasteiger partial charge on any atom is 0.256 e. The van der Waals surface area contributed by atoms with E-state index in [0.29, 0.717) is 11.4 Å². The number of aromatic nitrogens is 2.